The Bertz CT molecular complexity index is 321. The van der Waals surface area contributed by atoms with Gasteiger partial charge in [-0.25, -0.2) is 0 Å². The zero-order valence-corrected chi connectivity index (χ0v) is 7.83. The van der Waals surface area contributed by atoms with Gasteiger partial charge >= 0.3 is 5.97 Å². The second-order valence-electron chi connectivity index (χ2n) is 2.96. The van der Waals surface area contributed by atoms with Gasteiger partial charge in [-0.3, -0.25) is 4.79 Å². The number of hydrogen-bond donors (Lipinski definition) is 1. The first-order valence-electron chi connectivity index (χ1n) is 4.05. The summed E-state index contributed by atoms with van der Waals surface area (Å²) < 4.78 is 4.54. The summed E-state index contributed by atoms with van der Waals surface area (Å²) >= 11 is 0. The van der Waals surface area contributed by atoms with Crippen LogP contribution in [0.3, 0.4) is 0 Å². The Hall–Kier alpha value is -1.51. The van der Waals surface area contributed by atoms with Gasteiger partial charge < -0.3 is 10.5 Å². The molecule has 1 rings (SSSR count). The van der Waals surface area contributed by atoms with E-state index in [1.165, 1.54) is 7.11 Å². The smallest absolute Gasteiger partial charge is 0.310 e. The molecule has 0 aliphatic rings. The lowest BCUT2D eigenvalue weighted by Crippen LogP contribution is -2.06. The van der Waals surface area contributed by atoms with Crippen molar-refractivity contribution in [3.8, 4) is 0 Å². The van der Waals surface area contributed by atoms with Gasteiger partial charge in [-0.2, -0.15) is 0 Å². The predicted molar refractivity (Wildman–Crippen MR) is 51.3 cm³/mol. The molecule has 2 N–H and O–H groups in total. The fourth-order valence-corrected chi connectivity index (χ4v) is 1.10. The number of carbonyl (C=O) groups is 1. The molecule has 0 heterocycles. The van der Waals surface area contributed by atoms with Crippen LogP contribution < -0.4 is 5.73 Å². The van der Waals surface area contributed by atoms with Gasteiger partial charge in [-0.05, 0) is 24.1 Å². The van der Waals surface area contributed by atoms with Gasteiger partial charge in [0.1, 0.15) is 0 Å². The molecule has 1 aromatic rings. The average molecular weight is 179 g/mol. The largest absolute Gasteiger partial charge is 0.469 e. The van der Waals surface area contributed by atoms with E-state index in [0.29, 0.717) is 5.69 Å². The fraction of sp³-hybridized carbons (Fsp3) is 0.300. The van der Waals surface area contributed by atoms with Crippen LogP contribution in [0, 0.1) is 6.92 Å². The molecule has 1 aromatic carbocycles. The van der Waals surface area contributed by atoms with Gasteiger partial charge in [0.25, 0.3) is 0 Å². The van der Waals surface area contributed by atoms with Crippen molar-refractivity contribution >= 4 is 11.7 Å². The number of nitrogens with two attached hydrogens (primary N) is 1. The van der Waals surface area contributed by atoms with Crippen molar-refractivity contribution in [2.45, 2.75) is 13.3 Å². The summed E-state index contributed by atoms with van der Waals surface area (Å²) in [5, 5.41) is 0. The maximum Gasteiger partial charge on any atom is 0.310 e. The molecule has 0 saturated heterocycles. The average Bonchev–Trinajstić information content (AvgIpc) is 2.09. The molecule has 0 saturated carbocycles. The molecule has 13 heavy (non-hydrogen) atoms. The summed E-state index contributed by atoms with van der Waals surface area (Å²) in [4.78, 5) is 10.9. The van der Waals surface area contributed by atoms with E-state index in [1.54, 1.807) is 0 Å². The molecule has 0 aliphatic heterocycles. The Balaban J connectivity index is 2.83. The van der Waals surface area contributed by atoms with Crippen molar-refractivity contribution in [2.75, 3.05) is 12.8 Å². The minimum absolute atomic E-state index is 0.239. The van der Waals surface area contributed by atoms with Crippen LogP contribution in [0.4, 0.5) is 5.69 Å². The molecular formula is C10H13NO2. The van der Waals surface area contributed by atoms with Crippen molar-refractivity contribution in [3.63, 3.8) is 0 Å². The summed E-state index contributed by atoms with van der Waals surface area (Å²) in [6.45, 7) is 1.96. The standard InChI is InChI=1S/C10H13NO2/c1-7-3-4-8(9(11)5-7)6-10(12)13-2/h3-5H,6,11H2,1-2H3. The molecule has 70 valence electrons. The van der Waals surface area contributed by atoms with Gasteiger partial charge in [-0.1, -0.05) is 12.1 Å². The maximum absolute atomic E-state index is 10.9. The molecule has 3 heteroatoms. The first kappa shape index (κ1) is 9.58. The lowest BCUT2D eigenvalue weighted by Gasteiger charge is -2.04. The lowest BCUT2D eigenvalue weighted by atomic mass is 10.1. The van der Waals surface area contributed by atoms with Crippen molar-refractivity contribution in [1.29, 1.82) is 0 Å². The normalized spacial score (nSPS) is 9.69. The number of carbonyl (C=O) groups excluding carboxylic acids is 1. The lowest BCUT2D eigenvalue weighted by molar-refractivity contribution is -0.139. The minimum atomic E-state index is -0.268. The van der Waals surface area contributed by atoms with Crippen molar-refractivity contribution in [1.82, 2.24) is 0 Å². The van der Waals surface area contributed by atoms with E-state index >= 15 is 0 Å². The summed E-state index contributed by atoms with van der Waals surface area (Å²) in [6, 6.07) is 5.62. The first-order valence-corrected chi connectivity index (χ1v) is 4.05. The topological polar surface area (TPSA) is 52.3 Å². The summed E-state index contributed by atoms with van der Waals surface area (Å²) in [5.74, 6) is -0.268. The molecule has 0 aliphatic carbocycles. The van der Waals surface area contributed by atoms with Crippen molar-refractivity contribution < 1.29 is 9.53 Å². The van der Waals surface area contributed by atoms with Gasteiger partial charge in [0, 0.05) is 5.69 Å². The molecule has 0 bridgehead atoms. The number of ether oxygens (including phenoxy) is 1. The third-order valence-electron chi connectivity index (χ3n) is 1.86. The van der Waals surface area contributed by atoms with Crippen LogP contribution in [0.5, 0.6) is 0 Å². The van der Waals surface area contributed by atoms with Crippen LogP contribution in [0.15, 0.2) is 18.2 Å². The molecule has 0 atom stereocenters. The summed E-state index contributed by atoms with van der Waals surface area (Å²) in [6.07, 6.45) is 0.239. The zero-order valence-electron chi connectivity index (χ0n) is 7.83. The van der Waals surface area contributed by atoms with E-state index < -0.39 is 0 Å². The third-order valence-corrected chi connectivity index (χ3v) is 1.86. The Morgan fingerprint density at radius 3 is 2.77 bits per heavy atom. The fourth-order valence-electron chi connectivity index (χ4n) is 1.10. The molecule has 0 fully saturated rings. The highest BCUT2D eigenvalue weighted by Crippen LogP contribution is 2.14. The molecule has 3 nitrogen and oxygen atoms in total. The zero-order chi connectivity index (χ0) is 9.84. The van der Waals surface area contributed by atoms with E-state index in [-0.39, 0.29) is 12.4 Å². The van der Waals surface area contributed by atoms with Crippen LogP contribution in [0.2, 0.25) is 0 Å². The van der Waals surface area contributed by atoms with Gasteiger partial charge in [0.15, 0.2) is 0 Å². The van der Waals surface area contributed by atoms with Crippen LogP contribution >= 0.6 is 0 Å². The van der Waals surface area contributed by atoms with Gasteiger partial charge in [0.05, 0.1) is 13.5 Å². The molecule has 0 amide bonds. The third kappa shape index (κ3) is 2.47. The van der Waals surface area contributed by atoms with Crippen LogP contribution in [0.1, 0.15) is 11.1 Å². The summed E-state index contributed by atoms with van der Waals surface area (Å²) in [5.41, 5.74) is 8.27. The molecule has 0 unspecified atom stereocenters. The van der Waals surface area contributed by atoms with Crippen LogP contribution in [-0.4, -0.2) is 13.1 Å². The second-order valence-corrected chi connectivity index (χ2v) is 2.96. The number of benzene rings is 1. The highest BCUT2D eigenvalue weighted by atomic mass is 16.5. The quantitative estimate of drug-likeness (QED) is 0.549. The molecular weight excluding hydrogens is 166 g/mol. The van der Waals surface area contributed by atoms with E-state index in [2.05, 4.69) is 4.74 Å². The van der Waals surface area contributed by atoms with E-state index in [0.717, 1.165) is 11.1 Å². The number of anilines is 1. The first-order chi connectivity index (χ1) is 6.13. The molecule has 0 aromatic heterocycles. The Labute approximate surface area is 77.5 Å². The molecule has 0 spiro atoms. The monoisotopic (exact) mass is 179 g/mol. The molecule has 0 radical (unpaired) electrons. The highest BCUT2D eigenvalue weighted by Gasteiger charge is 2.05. The van der Waals surface area contributed by atoms with Gasteiger partial charge in [0.2, 0.25) is 0 Å². The Morgan fingerprint density at radius 1 is 1.54 bits per heavy atom. The number of aryl methyl sites for hydroxylation is 1. The SMILES string of the molecule is COC(=O)Cc1ccc(C)cc1N. The van der Waals surface area contributed by atoms with Crippen LogP contribution in [0.25, 0.3) is 0 Å². The maximum atomic E-state index is 10.9. The number of rotatable bonds is 2. The number of hydrogen-bond acceptors (Lipinski definition) is 3. The van der Waals surface area contributed by atoms with Gasteiger partial charge in [-0.15, -0.1) is 0 Å². The van der Waals surface area contributed by atoms with E-state index in [4.69, 9.17) is 5.73 Å². The highest BCUT2D eigenvalue weighted by molar-refractivity contribution is 5.74. The Morgan fingerprint density at radius 2 is 2.23 bits per heavy atom. The number of esters is 1. The van der Waals surface area contributed by atoms with E-state index in [9.17, 15) is 4.79 Å². The number of methoxy groups -OCH3 is 1. The van der Waals surface area contributed by atoms with Crippen molar-refractivity contribution in [3.05, 3.63) is 29.3 Å². The van der Waals surface area contributed by atoms with E-state index in [1.807, 2.05) is 25.1 Å². The van der Waals surface area contributed by atoms with Crippen molar-refractivity contribution in [2.24, 2.45) is 0 Å². The number of nitrogen functional groups attached to an aromatic ring is 1. The Kier molecular flexibility index (Phi) is 2.90. The van der Waals surface area contributed by atoms with Crippen LogP contribution in [-0.2, 0) is 16.0 Å². The second kappa shape index (κ2) is 3.94. The minimum Gasteiger partial charge on any atom is -0.469 e. The summed E-state index contributed by atoms with van der Waals surface area (Å²) in [7, 11) is 1.37. The predicted octanol–water partition coefficient (Wildman–Crippen LogP) is 1.29.